The second-order valence-corrected chi connectivity index (χ2v) is 29.5. The third kappa shape index (κ3) is 18.7. The first-order valence-corrected chi connectivity index (χ1v) is 37.1. The van der Waals surface area contributed by atoms with Crippen LogP contribution >= 0.6 is 0 Å². The molecule has 1 aromatic heterocycles. The minimum atomic E-state index is -2.35. The number of hydrogen-bond acceptors (Lipinski definition) is 28. The summed E-state index contributed by atoms with van der Waals surface area (Å²) in [5, 5.41) is 133. The summed E-state index contributed by atoms with van der Waals surface area (Å²) >= 11 is 0. The molecule has 14 rings (SSSR count). The summed E-state index contributed by atoms with van der Waals surface area (Å²) < 4.78 is 49.6. The van der Waals surface area contributed by atoms with Crippen LogP contribution < -0.4 is 61.9 Å². The highest BCUT2D eigenvalue weighted by Gasteiger charge is 2.50. The number of nitrogens with one attached hydrogen (secondary N) is 8. The maximum absolute atomic E-state index is 16.4. The van der Waals surface area contributed by atoms with Crippen LogP contribution in [0, 0.1) is 5.92 Å². The zero-order valence-electron chi connectivity index (χ0n) is 63.6. The third-order valence-electron chi connectivity index (χ3n) is 20.7. The van der Waals surface area contributed by atoms with Gasteiger partial charge in [-0.15, -0.1) is 0 Å². The lowest BCUT2D eigenvalue weighted by molar-refractivity contribution is -0.277. The molecule has 20 N–H and O–H groups in total. The van der Waals surface area contributed by atoms with Crippen LogP contribution in [0.15, 0.2) is 128 Å². The molecular weight excluding hydrogens is 1530 g/mol. The molecule has 0 saturated carbocycles. The summed E-state index contributed by atoms with van der Waals surface area (Å²) in [5.74, 6) is -15.4. The second-order valence-electron chi connectivity index (χ2n) is 29.5. The highest BCUT2D eigenvalue weighted by molar-refractivity contribution is 6.00. The van der Waals surface area contributed by atoms with Gasteiger partial charge < -0.3 is 137 Å². The number of carbonyl (C=O) groups is 9. The Morgan fingerprint density at radius 3 is 1.99 bits per heavy atom. The van der Waals surface area contributed by atoms with E-state index < -0.39 is 232 Å². The number of primary amides is 1. The van der Waals surface area contributed by atoms with Crippen LogP contribution in [0.3, 0.4) is 0 Å². The van der Waals surface area contributed by atoms with E-state index in [1.54, 1.807) is 51.2 Å². The van der Waals surface area contributed by atoms with Crippen molar-refractivity contribution in [2.24, 2.45) is 11.7 Å². The molecule has 2 fully saturated rings. The van der Waals surface area contributed by atoms with E-state index in [0.717, 1.165) is 47.4 Å². The predicted octanol–water partition coefficient (Wildman–Crippen LogP) is 1.41. The summed E-state index contributed by atoms with van der Waals surface area (Å²) in [5.41, 5.74) is 3.12. The Balaban J connectivity index is 1.03. The van der Waals surface area contributed by atoms with E-state index in [2.05, 4.69) is 47.2 Å². The molecule has 0 aliphatic carbocycles. The monoisotopic (exact) mass is 1620 g/mol. The number of carboxylic acid groups (broad SMARTS) is 1. The summed E-state index contributed by atoms with van der Waals surface area (Å²) in [6.07, 6.45) is -17.0. The molecule has 117 heavy (non-hydrogen) atoms. The number of fused-ring (bicyclic) bond motifs is 15. The number of aromatic hydroxyl groups is 3. The van der Waals surface area contributed by atoms with Crippen LogP contribution in [0.5, 0.6) is 51.7 Å². The number of amides is 8. The first kappa shape index (κ1) is 84.2. The minimum absolute atomic E-state index is 0.0287. The van der Waals surface area contributed by atoms with Gasteiger partial charge in [0, 0.05) is 54.5 Å². The quantitative estimate of drug-likeness (QED) is 0.0544. The van der Waals surface area contributed by atoms with Gasteiger partial charge in [-0.2, -0.15) is 0 Å². The number of phenolic OH excluding ortho intramolecular Hbond substituents is 3. The fraction of sp³-hybridized carbons (Fsp3) is 0.392. The number of aromatic amines is 1. The number of nitrogens with two attached hydrogens (primary N) is 1. The van der Waals surface area contributed by atoms with Gasteiger partial charge in [-0.3, -0.25) is 38.5 Å². The molecule has 8 amide bonds. The number of carbonyl (C=O) groups excluding carboxylic acids is 8. The fourth-order valence-corrected chi connectivity index (χ4v) is 14.4. The van der Waals surface area contributed by atoms with Crippen molar-refractivity contribution in [1.82, 2.24) is 52.1 Å². The lowest BCUT2D eigenvalue weighted by Crippen LogP contribution is -2.63. The highest BCUT2D eigenvalue weighted by atomic mass is 16.7. The average molecular weight is 1620 g/mol. The fourth-order valence-electron chi connectivity index (χ4n) is 14.4. The van der Waals surface area contributed by atoms with Gasteiger partial charge in [-0.25, -0.2) is 14.6 Å². The number of aromatic nitrogens is 2. The number of carboxylic acids is 1. The Morgan fingerprint density at radius 1 is 0.726 bits per heavy atom. The van der Waals surface area contributed by atoms with Crippen molar-refractivity contribution in [2.45, 2.75) is 169 Å². The van der Waals surface area contributed by atoms with Gasteiger partial charge in [-0.1, -0.05) is 56.3 Å². The molecule has 6 aromatic carbocycles. The van der Waals surface area contributed by atoms with Crippen LogP contribution in [-0.2, 0) is 70.5 Å². The van der Waals surface area contributed by atoms with Crippen molar-refractivity contribution in [3.8, 4) is 62.9 Å². The number of aliphatic hydroxyl groups is 6. The first-order valence-electron chi connectivity index (χ1n) is 37.1. The first-order chi connectivity index (χ1) is 55.7. The standard InChI is InChI=1S/C79H89N11O27/c1-34(2)21-49(90(5)78(109)111-32-36-7-14-43(110-6)15-8-36)71(102)88-61-63(96)37-9-16-44(17-10-37)113-52-23-40-24-53(68(52)117-77-66(99)65(98)64(97)54(31-91)115-77)114-45-18-11-38(12-19-45)67(116-56-28-79(4,69(100)35(3)112-56)83-30-41-29-81-33-82-41)62-75(106)87-60(76(107)108)47-25-42(92)26-51(94)57(47)46-22-39(13-20-50(46)93)58(72(103)89-62)86-73(104)59(40)85-70(101)48(27-55(80)95)84-74(61)105/h7-20,22-26,29,33-35,48-49,54,56,58-67,69,77,83,91-94,96-100H,21,27-28,30-32H2,1-6H3,(H2,80,95)(H,81,82)(H,84,105)(H,85,101)(H,86,104)(H,87,106)(H,88,102)(H,89,103)(H,107,108)/t35?,48?,49-,54-,56+,58-,59?,60?,61?,62+,63?,64?,65+,66?,67-,69+,77+,79+/m1/s1. The van der Waals surface area contributed by atoms with Crippen molar-refractivity contribution < 1.29 is 132 Å². The lowest BCUT2D eigenvalue weighted by atomic mass is 9.85. The van der Waals surface area contributed by atoms with Crippen molar-refractivity contribution in [3.63, 3.8) is 0 Å². The topological polar surface area (TPSA) is 572 Å². The van der Waals surface area contributed by atoms with E-state index in [4.69, 9.17) is 43.6 Å². The average Bonchev–Trinajstić information content (AvgIpc) is 1.09. The van der Waals surface area contributed by atoms with E-state index in [1.165, 1.54) is 75.9 Å². The van der Waals surface area contributed by atoms with Crippen molar-refractivity contribution in [2.75, 3.05) is 20.8 Å². The maximum atomic E-state index is 16.4. The molecule has 38 nitrogen and oxygen atoms in total. The summed E-state index contributed by atoms with van der Waals surface area (Å²) in [6, 6.07) is 8.87. The molecule has 7 aromatic rings. The number of imidazole rings is 1. The number of phenols is 3. The smallest absolute Gasteiger partial charge is 0.410 e. The van der Waals surface area contributed by atoms with Crippen LogP contribution in [0.4, 0.5) is 4.79 Å². The number of nitrogens with zero attached hydrogens (tertiary/aromatic N) is 2. The second kappa shape index (κ2) is 35.5. The molecule has 8 unspecified atom stereocenters. The Hall–Kier alpha value is -12.2. The van der Waals surface area contributed by atoms with Crippen molar-refractivity contribution >= 4 is 53.4 Å². The van der Waals surface area contributed by atoms with Crippen LogP contribution in [-0.4, -0.2) is 219 Å². The number of methoxy groups -OCH3 is 1. The summed E-state index contributed by atoms with van der Waals surface area (Å²) in [4.78, 5) is 143. The molecule has 38 heteroatoms. The summed E-state index contributed by atoms with van der Waals surface area (Å²) in [7, 11) is 2.74. The number of hydrogen-bond donors (Lipinski definition) is 19. The van der Waals surface area contributed by atoms with E-state index in [-0.39, 0.29) is 60.1 Å². The normalized spacial score (nSPS) is 26.9. The summed E-state index contributed by atoms with van der Waals surface area (Å²) in [6.45, 7) is 5.55. The zero-order valence-corrected chi connectivity index (χ0v) is 63.6. The Labute approximate surface area is 666 Å². The number of aliphatic hydroxyl groups excluding tert-OH is 6. The van der Waals surface area contributed by atoms with Crippen molar-refractivity contribution in [1.29, 1.82) is 0 Å². The van der Waals surface area contributed by atoms with Gasteiger partial charge in [0.05, 0.1) is 44.4 Å². The SMILES string of the molecule is COc1ccc(COC(=O)N(C)[C@H](CC(C)C)C(=O)NC2C(=O)NC(CC(N)=O)C(=O)NC3C(=O)N[C@H]4C(=O)N[C@H](C(=O)NC(C(=O)O)c5cc(O)cc(O)c5-c5cc4ccc5O)[C@H](O[C@H]4C[C@](C)(NCc5c[nH]cn5)[C@@H](O)C(C)O4)c4ccc(cc4)Oc4cc3cc(c4O[C@@H]3O[C@H](CO)C(O)[C@H](O)C3O)Oc3ccc(cc3)C2O)cc1. The molecule has 18 atom stereocenters. The van der Waals surface area contributed by atoms with Gasteiger partial charge in [0.2, 0.25) is 53.4 Å². The maximum Gasteiger partial charge on any atom is 0.410 e. The number of H-pyrrole nitrogens is 1. The zero-order chi connectivity index (χ0) is 84.2. The number of aliphatic carboxylic acids is 1. The number of benzene rings is 6. The molecule has 622 valence electrons. The van der Waals surface area contributed by atoms with Crippen LogP contribution in [0.1, 0.15) is 116 Å². The Kier molecular flexibility index (Phi) is 25.5. The minimum Gasteiger partial charge on any atom is -0.508 e. The van der Waals surface area contributed by atoms with Gasteiger partial charge in [0.25, 0.3) is 0 Å². The molecule has 11 bridgehead atoms. The third-order valence-corrected chi connectivity index (χ3v) is 20.7. The van der Waals surface area contributed by atoms with Gasteiger partial charge in [-0.05, 0) is 121 Å². The van der Waals surface area contributed by atoms with E-state index in [1.807, 2.05) is 0 Å². The number of ether oxygens (including phenoxy) is 8. The van der Waals surface area contributed by atoms with E-state index in [9.17, 15) is 70.2 Å². The molecule has 0 spiro atoms. The lowest BCUT2D eigenvalue weighted by Gasteiger charge is -2.46. The van der Waals surface area contributed by atoms with Gasteiger partial charge in [0.15, 0.2) is 23.8 Å². The number of likely N-dealkylation sites (N-methyl/N-ethyl adjacent to an activating group) is 1. The van der Waals surface area contributed by atoms with E-state index >= 15 is 24.0 Å². The van der Waals surface area contributed by atoms with Crippen LogP contribution in [0.25, 0.3) is 11.1 Å². The van der Waals surface area contributed by atoms with Crippen LogP contribution in [0.2, 0.25) is 0 Å². The highest BCUT2D eigenvalue weighted by Crippen LogP contribution is 2.49. The Bertz CT molecular complexity index is 4850. The molecule has 2 saturated heterocycles. The molecule has 7 aliphatic rings. The van der Waals surface area contributed by atoms with Gasteiger partial charge >= 0.3 is 12.1 Å². The number of rotatable bonds is 19. The predicted molar refractivity (Wildman–Crippen MR) is 402 cm³/mol. The molecule has 7 aliphatic heterocycles. The Morgan fingerprint density at radius 2 is 1.37 bits per heavy atom. The van der Waals surface area contributed by atoms with E-state index in [0.29, 0.717) is 17.0 Å². The van der Waals surface area contributed by atoms with Crippen molar-refractivity contribution in [3.05, 3.63) is 167 Å². The molecular formula is C79H89N11O27. The van der Waals surface area contributed by atoms with Gasteiger partial charge in [0.1, 0.15) is 114 Å². The largest absolute Gasteiger partial charge is 0.508 e. The molecule has 0 radical (unpaired) electrons. The molecule has 8 heterocycles.